The Bertz CT molecular complexity index is 1390. The summed E-state index contributed by atoms with van der Waals surface area (Å²) in [5.41, 5.74) is 2.97. The number of halogens is 1. The predicted octanol–water partition coefficient (Wildman–Crippen LogP) is 5.48. The lowest BCUT2D eigenvalue weighted by Crippen LogP contribution is -2.52. The predicted molar refractivity (Wildman–Crippen MR) is 156 cm³/mol. The zero-order chi connectivity index (χ0) is 28.7. The summed E-state index contributed by atoms with van der Waals surface area (Å²) in [7, 11) is -4.17. The van der Waals surface area contributed by atoms with E-state index in [1.165, 1.54) is 17.0 Å². The molecular weight excluding hydrogens is 534 g/mol. The van der Waals surface area contributed by atoms with E-state index in [9.17, 15) is 18.0 Å². The van der Waals surface area contributed by atoms with Crippen LogP contribution in [0.15, 0.2) is 77.7 Å². The van der Waals surface area contributed by atoms with Gasteiger partial charge in [-0.2, -0.15) is 0 Å². The summed E-state index contributed by atoms with van der Waals surface area (Å²) < 4.78 is 28.7. The van der Waals surface area contributed by atoms with Crippen LogP contribution in [0.25, 0.3) is 0 Å². The second-order valence-electron chi connectivity index (χ2n) is 9.78. The minimum absolute atomic E-state index is 0.0356. The highest BCUT2D eigenvalue weighted by Gasteiger charge is 2.33. The first-order chi connectivity index (χ1) is 18.4. The second kappa shape index (κ2) is 13.1. The summed E-state index contributed by atoms with van der Waals surface area (Å²) in [4.78, 5) is 28.5. The van der Waals surface area contributed by atoms with Gasteiger partial charge in [0.1, 0.15) is 12.6 Å². The van der Waals surface area contributed by atoms with Crippen molar-refractivity contribution in [3.8, 4) is 0 Å². The highest BCUT2D eigenvalue weighted by atomic mass is 35.5. The van der Waals surface area contributed by atoms with Gasteiger partial charge in [0.15, 0.2) is 0 Å². The molecule has 7 nitrogen and oxygen atoms in total. The van der Waals surface area contributed by atoms with Crippen LogP contribution in [0, 0.1) is 13.8 Å². The van der Waals surface area contributed by atoms with E-state index in [0.29, 0.717) is 0 Å². The monoisotopic (exact) mass is 569 g/mol. The van der Waals surface area contributed by atoms with Crippen LogP contribution in [0.4, 0.5) is 5.69 Å². The van der Waals surface area contributed by atoms with Gasteiger partial charge in [0, 0.05) is 12.6 Å². The van der Waals surface area contributed by atoms with Crippen molar-refractivity contribution in [2.75, 3.05) is 10.8 Å². The second-order valence-corrected chi connectivity index (χ2v) is 12.0. The molecule has 0 aliphatic carbocycles. The molecule has 39 heavy (non-hydrogen) atoms. The topological polar surface area (TPSA) is 86.8 Å². The van der Waals surface area contributed by atoms with E-state index in [1.807, 2.05) is 52.0 Å². The molecule has 2 amide bonds. The Labute approximate surface area is 236 Å². The van der Waals surface area contributed by atoms with E-state index in [4.69, 9.17) is 11.6 Å². The molecule has 2 atom stereocenters. The highest BCUT2D eigenvalue weighted by molar-refractivity contribution is 7.92. The number of nitrogens with one attached hydrogen (secondary N) is 1. The number of sulfonamides is 1. The number of hydrogen-bond donors (Lipinski definition) is 1. The van der Waals surface area contributed by atoms with Gasteiger partial charge in [-0.05, 0) is 63.9 Å². The van der Waals surface area contributed by atoms with E-state index in [2.05, 4.69) is 5.32 Å². The standard InChI is InChI=1S/C30H36ClN3O4S/c1-6-23(4)32-30(36)24(5)33(19-25-15-11-21(2)12-16-25)29(35)20-34(28-10-8-7-9-27(28)31)39(37,38)26-17-13-22(3)14-18-26/h7-18,23-24H,6,19-20H2,1-5H3,(H,32,36). The number of nitrogens with zero attached hydrogens (tertiary/aromatic N) is 2. The fourth-order valence-corrected chi connectivity index (χ4v) is 5.66. The normalized spacial score (nSPS) is 12.9. The summed E-state index contributed by atoms with van der Waals surface area (Å²) >= 11 is 6.44. The molecule has 9 heteroatoms. The van der Waals surface area contributed by atoms with E-state index >= 15 is 0 Å². The number of para-hydroxylation sites is 1. The first-order valence-corrected chi connectivity index (χ1v) is 14.7. The van der Waals surface area contributed by atoms with Gasteiger partial charge in [0.05, 0.1) is 15.6 Å². The zero-order valence-corrected chi connectivity index (χ0v) is 24.6. The molecular formula is C30H36ClN3O4S. The van der Waals surface area contributed by atoms with Crippen LogP contribution in [0.1, 0.15) is 43.9 Å². The van der Waals surface area contributed by atoms with Crippen molar-refractivity contribution in [1.82, 2.24) is 10.2 Å². The van der Waals surface area contributed by atoms with Crippen LogP contribution < -0.4 is 9.62 Å². The maximum absolute atomic E-state index is 13.9. The molecule has 0 fully saturated rings. The lowest BCUT2D eigenvalue weighted by molar-refractivity contribution is -0.139. The SMILES string of the molecule is CCC(C)NC(=O)C(C)N(Cc1ccc(C)cc1)C(=O)CN(c1ccccc1Cl)S(=O)(=O)c1ccc(C)cc1. The first-order valence-electron chi connectivity index (χ1n) is 12.9. The summed E-state index contributed by atoms with van der Waals surface area (Å²) in [6.07, 6.45) is 0.736. The van der Waals surface area contributed by atoms with Crippen LogP contribution in [-0.4, -0.2) is 43.8 Å². The molecule has 3 rings (SSSR count). The van der Waals surface area contributed by atoms with Crippen molar-refractivity contribution in [3.63, 3.8) is 0 Å². The van der Waals surface area contributed by atoms with Gasteiger partial charge in [0.25, 0.3) is 10.0 Å². The third-order valence-electron chi connectivity index (χ3n) is 6.65. The number of amides is 2. The molecule has 2 unspecified atom stereocenters. The highest BCUT2D eigenvalue weighted by Crippen LogP contribution is 2.31. The summed E-state index contributed by atoms with van der Waals surface area (Å²) in [5, 5.41) is 3.12. The van der Waals surface area contributed by atoms with Gasteiger partial charge < -0.3 is 10.2 Å². The number of anilines is 1. The Hall–Kier alpha value is -3.36. The number of benzene rings is 3. The number of aryl methyl sites for hydroxylation is 2. The minimum atomic E-state index is -4.17. The number of carbonyl (C=O) groups is 2. The van der Waals surface area contributed by atoms with Crippen molar-refractivity contribution < 1.29 is 18.0 Å². The molecule has 0 saturated heterocycles. The average molecular weight is 570 g/mol. The van der Waals surface area contributed by atoms with Crippen molar-refractivity contribution in [2.45, 2.75) is 64.6 Å². The van der Waals surface area contributed by atoms with E-state index in [-0.39, 0.29) is 34.1 Å². The molecule has 0 bridgehead atoms. The molecule has 1 N–H and O–H groups in total. The lowest BCUT2D eigenvalue weighted by atomic mass is 10.1. The molecule has 208 valence electrons. The fourth-order valence-electron chi connectivity index (χ4n) is 3.94. The fraction of sp³-hybridized carbons (Fsp3) is 0.333. The molecule has 0 heterocycles. The minimum Gasteiger partial charge on any atom is -0.352 e. The van der Waals surface area contributed by atoms with Crippen LogP contribution in [-0.2, 0) is 26.2 Å². The Morgan fingerprint density at radius 2 is 1.46 bits per heavy atom. The molecule has 0 saturated carbocycles. The third kappa shape index (κ3) is 7.61. The third-order valence-corrected chi connectivity index (χ3v) is 8.74. The summed E-state index contributed by atoms with van der Waals surface area (Å²) in [6.45, 7) is 8.93. The molecule has 0 aliphatic rings. The van der Waals surface area contributed by atoms with E-state index < -0.39 is 28.5 Å². The Balaban J connectivity index is 2.03. The van der Waals surface area contributed by atoms with Crippen LogP contribution >= 0.6 is 11.6 Å². The molecule has 0 radical (unpaired) electrons. The van der Waals surface area contributed by atoms with Gasteiger partial charge in [-0.15, -0.1) is 0 Å². The van der Waals surface area contributed by atoms with Gasteiger partial charge in [0.2, 0.25) is 11.8 Å². The van der Waals surface area contributed by atoms with Crippen LogP contribution in [0.3, 0.4) is 0 Å². The Morgan fingerprint density at radius 1 is 0.897 bits per heavy atom. The van der Waals surface area contributed by atoms with Crippen LogP contribution in [0.2, 0.25) is 5.02 Å². The summed E-state index contributed by atoms with van der Waals surface area (Å²) in [5.74, 6) is -0.839. The smallest absolute Gasteiger partial charge is 0.264 e. The number of carbonyl (C=O) groups excluding carboxylic acids is 2. The Morgan fingerprint density at radius 3 is 2.03 bits per heavy atom. The van der Waals surface area contributed by atoms with Gasteiger partial charge >= 0.3 is 0 Å². The molecule has 0 spiro atoms. The van der Waals surface area contributed by atoms with Gasteiger partial charge in [-0.25, -0.2) is 8.42 Å². The molecule has 3 aromatic rings. The van der Waals surface area contributed by atoms with Gasteiger partial charge in [-0.3, -0.25) is 13.9 Å². The molecule has 3 aromatic carbocycles. The van der Waals surface area contributed by atoms with Crippen molar-refractivity contribution >= 4 is 39.1 Å². The molecule has 0 aliphatic heterocycles. The first kappa shape index (κ1) is 30.2. The number of hydrogen-bond acceptors (Lipinski definition) is 4. The van der Waals surface area contributed by atoms with Crippen molar-refractivity contribution in [1.29, 1.82) is 0 Å². The quantitative estimate of drug-likeness (QED) is 0.331. The van der Waals surface area contributed by atoms with E-state index in [1.54, 1.807) is 43.3 Å². The largest absolute Gasteiger partial charge is 0.352 e. The van der Waals surface area contributed by atoms with Crippen molar-refractivity contribution in [2.24, 2.45) is 0 Å². The molecule has 0 aromatic heterocycles. The van der Waals surface area contributed by atoms with Crippen molar-refractivity contribution in [3.05, 3.63) is 94.5 Å². The Kier molecular flexibility index (Phi) is 10.2. The zero-order valence-electron chi connectivity index (χ0n) is 23.0. The maximum atomic E-state index is 13.9. The average Bonchev–Trinajstić information content (AvgIpc) is 2.91. The number of rotatable bonds is 11. The van der Waals surface area contributed by atoms with E-state index in [0.717, 1.165) is 27.4 Å². The summed E-state index contributed by atoms with van der Waals surface area (Å²) in [6, 6.07) is 19.6. The van der Waals surface area contributed by atoms with Gasteiger partial charge in [-0.1, -0.05) is 78.2 Å². The van der Waals surface area contributed by atoms with Crippen LogP contribution in [0.5, 0.6) is 0 Å². The lowest BCUT2D eigenvalue weighted by Gasteiger charge is -2.32. The maximum Gasteiger partial charge on any atom is 0.264 e.